The number of carbonyl (C=O) groups excluding carboxylic acids is 1. The lowest BCUT2D eigenvalue weighted by atomic mass is 10.3. The standard InChI is InChI=1S/C7H12N2O2/c1-3-9-7(10)11-6(2)4-5-8/h6H,3-4H2,1-2H3,(H,9,10)/t6-/m0/s1. The summed E-state index contributed by atoms with van der Waals surface area (Å²) in [7, 11) is 0. The molecule has 0 aliphatic heterocycles. The maximum atomic E-state index is 10.7. The molecule has 0 bridgehead atoms. The van der Waals surface area contributed by atoms with Crippen LogP contribution in [0, 0.1) is 11.3 Å². The van der Waals surface area contributed by atoms with E-state index in [1.807, 2.05) is 6.07 Å². The molecule has 11 heavy (non-hydrogen) atoms. The number of rotatable bonds is 3. The summed E-state index contributed by atoms with van der Waals surface area (Å²) in [6.45, 7) is 4.02. The molecule has 4 heteroatoms. The van der Waals surface area contributed by atoms with Crippen LogP contribution >= 0.6 is 0 Å². The second-order valence-electron chi connectivity index (χ2n) is 2.11. The number of ether oxygens (including phenoxy) is 1. The van der Waals surface area contributed by atoms with E-state index in [-0.39, 0.29) is 12.5 Å². The van der Waals surface area contributed by atoms with Crippen molar-refractivity contribution in [3.63, 3.8) is 0 Å². The van der Waals surface area contributed by atoms with Gasteiger partial charge in [0.2, 0.25) is 0 Å². The molecule has 0 aromatic rings. The van der Waals surface area contributed by atoms with Gasteiger partial charge in [-0.2, -0.15) is 5.26 Å². The Balaban J connectivity index is 3.50. The van der Waals surface area contributed by atoms with Crippen molar-refractivity contribution >= 4 is 6.09 Å². The lowest BCUT2D eigenvalue weighted by molar-refractivity contribution is 0.109. The minimum atomic E-state index is -0.463. The Hall–Kier alpha value is -1.24. The van der Waals surface area contributed by atoms with Gasteiger partial charge in [-0.25, -0.2) is 4.79 Å². The van der Waals surface area contributed by atoms with Crippen LogP contribution in [0.4, 0.5) is 4.79 Å². The smallest absolute Gasteiger partial charge is 0.407 e. The van der Waals surface area contributed by atoms with Crippen molar-refractivity contribution in [1.82, 2.24) is 5.32 Å². The lowest BCUT2D eigenvalue weighted by Gasteiger charge is -2.09. The molecule has 0 fully saturated rings. The molecule has 0 rings (SSSR count). The topological polar surface area (TPSA) is 62.1 Å². The molecule has 1 atom stereocenters. The Kier molecular flexibility index (Phi) is 4.91. The first kappa shape index (κ1) is 9.76. The van der Waals surface area contributed by atoms with Crippen LogP contribution in [0.15, 0.2) is 0 Å². The van der Waals surface area contributed by atoms with Gasteiger partial charge < -0.3 is 10.1 Å². The van der Waals surface area contributed by atoms with Gasteiger partial charge in [0.25, 0.3) is 0 Å². The van der Waals surface area contributed by atoms with E-state index < -0.39 is 6.09 Å². The van der Waals surface area contributed by atoms with Crippen molar-refractivity contribution in [3.8, 4) is 6.07 Å². The van der Waals surface area contributed by atoms with Crippen molar-refractivity contribution in [2.75, 3.05) is 6.54 Å². The molecular formula is C7H12N2O2. The van der Waals surface area contributed by atoms with E-state index in [4.69, 9.17) is 10.00 Å². The van der Waals surface area contributed by atoms with E-state index in [9.17, 15) is 4.79 Å². The molecule has 0 spiro atoms. The van der Waals surface area contributed by atoms with Crippen LogP contribution in [0.25, 0.3) is 0 Å². The number of nitriles is 1. The van der Waals surface area contributed by atoms with Gasteiger partial charge in [0.1, 0.15) is 6.10 Å². The highest BCUT2D eigenvalue weighted by atomic mass is 16.6. The predicted molar refractivity (Wildman–Crippen MR) is 39.8 cm³/mol. The van der Waals surface area contributed by atoms with Crippen molar-refractivity contribution in [3.05, 3.63) is 0 Å². The van der Waals surface area contributed by atoms with E-state index >= 15 is 0 Å². The number of hydrogen-bond acceptors (Lipinski definition) is 3. The van der Waals surface area contributed by atoms with E-state index in [2.05, 4.69) is 5.32 Å². The zero-order chi connectivity index (χ0) is 8.69. The van der Waals surface area contributed by atoms with E-state index in [0.29, 0.717) is 6.54 Å². The van der Waals surface area contributed by atoms with Gasteiger partial charge in [0.05, 0.1) is 12.5 Å². The van der Waals surface area contributed by atoms with Crippen molar-refractivity contribution in [2.45, 2.75) is 26.4 Å². The van der Waals surface area contributed by atoms with Gasteiger partial charge >= 0.3 is 6.09 Å². The minimum absolute atomic E-state index is 0.233. The fourth-order valence-corrected chi connectivity index (χ4v) is 0.539. The van der Waals surface area contributed by atoms with Crippen LogP contribution in [0.5, 0.6) is 0 Å². The second kappa shape index (κ2) is 5.54. The van der Waals surface area contributed by atoms with E-state index in [1.54, 1.807) is 13.8 Å². The van der Waals surface area contributed by atoms with Crippen molar-refractivity contribution in [2.24, 2.45) is 0 Å². The van der Waals surface area contributed by atoms with Crippen LogP contribution in [0.2, 0.25) is 0 Å². The van der Waals surface area contributed by atoms with Crippen molar-refractivity contribution < 1.29 is 9.53 Å². The number of alkyl carbamates (subject to hydrolysis) is 1. The highest BCUT2D eigenvalue weighted by molar-refractivity contribution is 5.67. The van der Waals surface area contributed by atoms with Crippen LogP contribution in [0.1, 0.15) is 20.3 Å². The maximum Gasteiger partial charge on any atom is 0.407 e. The monoisotopic (exact) mass is 156 g/mol. The van der Waals surface area contributed by atoms with Gasteiger partial charge in [-0.3, -0.25) is 0 Å². The number of hydrogen-bond donors (Lipinski definition) is 1. The Morgan fingerprint density at radius 3 is 2.91 bits per heavy atom. The van der Waals surface area contributed by atoms with Gasteiger partial charge in [-0.1, -0.05) is 0 Å². The third-order valence-electron chi connectivity index (χ3n) is 1.01. The molecule has 0 saturated heterocycles. The predicted octanol–water partition coefficient (Wildman–Crippen LogP) is 1.03. The zero-order valence-electron chi connectivity index (χ0n) is 6.76. The Bertz CT molecular complexity index is 162. The summed E-state index contributed by atoms with van der Waals surface area (Å²) in [5, 5.41) is 10.7. The normalized spacial score (nSPS) is 11.4. The van der Waals surface area contributed by atoms with E-state index in [0.717, 1.165) is 0 Å². The van der Waals surface area contributed by atoms with Crippen LogP contribution in [-0.4, -0.2) is 18.7 Å². The Morgan fingerprint density at radius 1 is 1.82 bits per heavy atom. The second-order valence-corrected chi connectivity index (χ2v) is 2.11. The Morgan fingerprint density at radius 2 is 2.45 bits per heavy atom. The summed E-state index contributed by atoms with van der Waals surface area (Å²) in [5.41, 5.74) is 0. The summed E-state index contributed by atoms with van der Waals surface area (Å²) < 4.78 is 4.76. The summed E-state index contributed by atoms with van der Waals surface area (Å²) in [6, 6.07) is 1.91. The minimum Gasteiger partial charge on any atom is -0.445 e. The van der Waals surface area contributed by atoms with Crippen LogP contribution in [-0.2, 0) is 4.74 Å². The molecule has 4 nitrogen and oxygen atoms in total. The van der Waals surface area contributed by atoms with E-state index in [1.165, 1.54) is 0 Å². The largest absolute Gasteiger partial charge is 0.445 e. The van der Waals surface area contributed by atoms with Crippen LogP contribution < -0.4 is 5.32 Å². The highest BCUT2D eigenvalue weighted by Gasteiger charge is 2.06. The summed E-state index contributed by atoms with van der Waals surface area (Å²) in [4.78, 5) is 10.7. The average molecular weight is 156 g/mol. The third-order valence-corrected chi connectivity index (χ3v) is 1.01. The molecule has 0 aromatic carbocycles. The molecule has 0 unspecified atom stereocenters. The number of nitrogens with one attached hydrogen (secondary N) is 1. The molecule has 0 aromatic heterocycles. The van der Waals surface area contributed by atoms with Gasteiger partial charge in [-0.15, -0.1) is 0 Å². The summed E-state index contributed by atoms with van der Waals surface area (Å²) in [6.07, 6.45) is -0.557. The number of carbonyl (C=O) groups is 1. The van der Waals surface area contributed by atoms with Gasteiger partial charge in [0.15, 0.2) is 0 Å². The molecule has 0 radical (unpaired) electrons. The first-order valence-electron chi connectivity index (χ1n) is 3.52. The Labute approximate surface area is 66.1 Å². The molecule has 0 aliphatic rings. The zero-order valence-corrected chi connectivity index (χ0v) is 6.76. The molecule has 1 amide bonds. The molecule has 62 valence electrons. The number of nitrogens with zero attached hydrogens (tertiary/aromatic N) is 1. The summed E-state index contributed by atoms with van der Waals surface area (Å²) >= 11 is 0. The highest BCUT2D eigenvalue weighted by Crippen LogP contribution is 1.95. The van der Waals surface area contributed by atoms with Gasteiger partial charge in [-0.05, 0) is 13.8 Å². The third kappa shape index (κ3) is 5.22. The fourth-order valence-electron chi connectivity index (χ4n) is 0.539. The quantitative estimate of drug-likeness (QED) is 0.663. The summed E-state index contributed by atoms with van der Waals surface area (Å²) in [5.74, 6) is 0. The first-order valence-corrected chi connectivity index (χ1v) is 3.52. The molecule has 0 saturated carbocycles. The number of amides is 1. The molecule has 0 heterocycles. The maximum absolute atomic E-state index is 10.7. The van der Waals surface area contributed by atoms with Crippen molar-refractivity contribution in [1.29, 1.82) is 5.26 Å². The lowest BCUT2D eigenvalue weighted by Crippen LogP contribution is -2.27. The van der Waals surface area contributed by atoms with Gasteiger partial charge in [0, 0.05) is 6.54 Å². The fraction of sp³-hybridized carbons (Fsp3) is 0.714. The molecule has 1 N–H and O–H groups in total. The molecule has 0 aliphatic carbocycles. The molecular weight excluding hydrogens is 144 g/mol. The van der Waals surface area contributed by atoms with Crippen LogP contribution in [0.3, 0.4) is 0 Å². The average Bonchev–Trinajstić information content (AvgIpc) is 1.87. The SMILES string of the molecule is CCNC(=O)O[C@@H](C)CC#N. The first-order chi connectivity index (χ1) is 5.20.